The quantitative estimate of drug-likeness (QED) is 0.768. The van der Waals surface area contributed by atoms with Crippen LogP contribution in [-0.4, -0.2) is 25.7 Å². The molecule has 2 aromatic heterocycles. The van der Waals surface area contributed by atoms with Gasteiger partial charge >= 0.3 is 5.97 Å². The summed E-state index contributed by atoms with van der Waals surface area (Å²) < 4.78 is 14.5. The standard InChI is InChI=1S/C14H11FN4O2/c15-10-3-1-2-9(6-10)7-16-12-4-5-19-13(18-12)11(8-17-19)14(20)21/h1-6,8H,7H2,(H,16,18)(H,20,21). The predicted octanol–water partition coefficient (Wildman–Crippen LogP) is 2.18. The molecule has 1 aromatic carbocycles. The summed E-state index contributed by atoms with van der Waals surface area (Å²) in [4.78, 5) is 15.3. The first-order chi connectivity index (χ1) is 10.1. The third kappa shape index (κ3) is 2.66. The van der Waals surface area contributed by atoms with E-state index >= 15 is 0 Å². The number of anilines is 1. The summed E-state index contributed by atoms with van der Waals surface area (Å²) in [5, 5.41) is 16.0. The van der Waals surface area contributed by atoms with E-state index in [-0.39, 0.29) is 17.0 Å². The molecular formula is C14H11FN4O2. The number of hydrogen-bond acceptors (Lipinski definition) is 4. The van der Waals surface area contributed by atoms with Gasteiger partial charge in [0.1, 0.15) is 17.2 Å². The molecule has 3 rings (SSSR count). The van der Waals surface area contributed by atoms with Crippen molar-refractivity contribution in [3.05, 3.63) is 59.7 Å². The lowest BCUT2D eigenvalue weighted by Crippen LogP contribution is -2.04. The monoisotopic (exact) mass is 286 g/mol. The Balaban J connectivity index is 1.84. The number of aromatic carboxylic acids is 1. The first-order valence-electron chi connectivity index (χ1n) is 6.19. The summed E-state index contributed by atoms with van der Waals surface area (Å²) in [6.07, 6.45) is 2.86. The van der Waals surface area contributed by atoms with Crippen LogP contribution in [0.5, 0.6) is 0 Å². The van der Waals surface area contributed by atoms with Gasteiger partial charge in [-0.15, -0.1) is 0 Å². The fraction of sp³-hybridized carbons (Fsp3) is 0.0714. The molecule has 0 radical (unpaired) electrons. The second-order valence-corrected chi connectivity index (χ2v) is 4.43. The second kappa shape index (κ2) is 5.20. The zero-order valence-corrected chi connectivity index (χ0v) is 10.8. The molecule has 0 saturated carbocycles. The van der Waals surface area contributed by atoms with Gasteiger partial charge in [0.05, 0.1) is 6.20 Å². The van der Waals surface area contributed by atoms with Crippen LogP contribution in [-0.2, 0) is 6.54 Å². The third-order valence-electron chi connectivity index (χ3n) is 2.96. The van der Waals surface area contributed by atoms with Crippen LogP contribution in [0.4, 0.5) is 10.2 Å². The number of carboxylic acid groups (broad SMARTS) is 1. The van der Waals surface area contributed by atoms with Crippen LogP contribution in [0.3, 0.4) is 0 Å². The molecule has 0 atom stereocenters. The Kier molecular flexibility index (Phi) is 3.23. The van der Waals surface area contributed by atoms with E-state index in [1.165, 1.54) is 22.8 Å². The Morgan fingerprint density at radius 1 is 1.38 bits per heavy atom. The number of benzene rings is 1. The minimum atomic E-state index is -1.08. The SMILES string of the molecule is O=C(O)c1cnn2ccc(NCc3cccc(F)c3)nc12. The minimum absolute atomic E-state index is 0.0319. The molecule has 0 bridgehead atoms. The van der Waals surface area contributed by atoms with Crippen molar-refractivity contribution in [1.82, 2.24) is 14.6 Å². The molecule has 0 aliphatic heterocycles. The molecule has 21 heavy (non-hydrogen) atoms. The average molecular weight is 286 g/mol. The van der Waals surface area contributed by atoms with Crippen LogP contribution in [0.25, 0.3) is 5.65 Å². The summed E-state index contributed by atoms with van der Waals surface area (Å²) in [6.45, 7) is 0.386. The van der Waals surface area contributed by atoms with E-state index in [9.17, 15) is 9.18 Å². The second-order valence-electron chi connectivity index (χ2n) is 4.43. The summed E-state index contributed by atoms with van der Waals surface area (Å²) in [7, 11) is 0. The van der Waals surface area contributed by atoms with E-state index < -0.39 is 5.97 Å². The number of rotatable bonds is 4. The molecule has 0 spiro atoms. The molecule has 3 aromatic rings. The van der Waals surface area contributed by atoms with Gasteiger partial charge in [-0.3, -0.25) is 0 Å². The number of fused-ring (bicyclic) bond motifs is 1. The van der Waals surface area contributed by atoms with E-state index in [2.05, 4.69) is 15.4 Å². The summed E-state index contributed by atoms with van der Waals surface area (Å²) >= 11 is 0. The minimum Gasteiger partial charge on any atom is -0.477 e. The fourth-order valence-electron chi connectivity index (χ4n) is 1.96. The Bertz CT molecular complexity index is 816. The first-order valence-corrected chi connectivity index (χ1v) is 6.19. The zero-order valence-electron chi connectivity index (χ0n) is 10.8. The lowest BCUT2D eigenvalue weighted by Gasteiger charge is -2.06. The molecule has 106 valence electrons. The van der Waals surface area contributed by atoms with Crippen LogP contribution in [0.15, 0.2) is 42.7 Å². The van der Waals surface area contributed by atoms with Gasteiger partial charge in [-0.05, 0) is 23.8 Å². The van der Waals surface area contributed by atoms with Crippen molar-refractivity contribution in [1.29, 1.82) is 0 Å². The van der Waals surface area contributed by atoms with E-state index in [1.807, 2.05) is 0 Å². The first kappa shape index (κ1) is 13.0. The topological polar surface area (TPSA) is 79.5 Å². The normalized spacial score (nSPS) is 10.7. The average Bonchev–Trinajstić information content (AvgIpc) is 2.88. The Morgan fingerprint density at radius 3 is 3.00 bits per heavy atom. The number of hydrogen-bond donors (Lipinski definition) is 2. The van der Waals surface area contributed by atoms with Crippen molar-refractivity contribution in [3.63, 3.8) is 0 Å². The lowest BCUT2D eigenvalue weighted by molar-refractivity contribution is 0.0699. The Labute approximate surface area is 118 Å². The van der Waals surface area contributed by atoms with E-state index in [1.54, 1.807) is 24.4 Å². The van der Waals surface area contributed by atoms with Gasteiger partial charge in [-0.2, -0.15) is 5.10 Å². The van der Waals surface area contributed by atoms with Crippen LogP contribution >= 0.6 is 0 Å². The molecule has 0 unspecified atom stereocenters. The van der Waals surface area contributed by atoms with Crippen LogP contribution < -0.4 is 5.32 Å². The molecular weight excluding hydrogens is 275 g/mol. The van der Waals surface area contributed by atoms with Gasteiger partial charge in [-0.25, -0.2) is 18.7 Å². The largest absolute Gasteiger partial charge is 0.477 e. The third-order valence-corrected chi connectivity index (χ3v) is 2.96. The van der Waals surface area contributed by atoms with Gasteiger partial charge in [0.15, 0.2) is 5.65 Å². The molecule has 0 fully saturated rings. The Hall–Kier alpha value is -2.96. The highest BCUT2D eigenvalue weighted by molar-refractivity contribution is 5.94. The van der Waals surface area contributed by atoms with Crippen LogP contribution in [0.1, 0.15) is 15.9 Å². The van der Waals surface area contributed by atoms with Gasteiger partial charge in [0.2, 0.25) is 0 Å². The van der Waals surface area contributed by atoms with Gasteiger partial charge in [-0.1, -0.05) is 12.1 Å². The van der Waals surface area contributed by atoms with E-state index in [4.69, 9.17) is 5.11 Å². The number of halogens is 1. The van der Waals surface area contributed by atoms with Crippen LogP contribution in [0, 0.1) is 5.82 Å². The maximum atomic E-state index is 13.1. The number of aromatic nitrogens is 3. The molecule has 6 nitrogen and oxygen atoms in total. The fourth-order valence-corrected chi connectivity index (χ4v) is 1.96. The highest BCUT2D eigenvalue weighted by atomic mass is 19.1. The number of nitrogens with zero attached hydrogens (tertiary/aromatic N) is 3. The molecule has 0 aliphatic rings. The Morgan fingerprint density at radius 2 is 2.24 bits per heavy atom. The zero-order chi connectivity index (χ0) is 14.8. The van der Waals surface area contributed by atoms with Gasteiger partial charge in [0.25, 0.3) is 0 Å². The van der Waals surface area contributed by atoms with E-state index in [0.717, 1.165) is 5.56 Å². The van der Waals surface area contributed by atoms with E-state index in [0.29, 0.717) is 12.4 Å². The number of nitrogens with one attached hydrogen (secondary N) is 1. The number of carbonyl (C=O) groups is 1. The van der Waals surface area contributed by atoms with Crippen LogP contribution in [0.2, 0.25) is 0 Å². The smallest absolute Gasteiger partial charge is 0.341 e. The van der Waals surface area contributed by atoms with Crippen molar-refractivity contribution < 1.29 is 14.3 Å². The molecule has 2 heterocycles. The van der Waals surface area contributed by atoms with Crippen molar-refractivity contribution in [3.8, 4) is 0 Å². The van der Waals surface area contributed by atoms with Crippen molar-refractivity contribution in [2.45, 2.75) is 6.54 Å². The van der Waals surface area contributed by atoms with Crippen molar-refractivity contribution in [2.24, 2.45) is 0 Å². The van der Waals surface area contributed by atoms with Crippen molar-refractivity contribution >= 4 is 17.4 Å². The molecule has 0 aliphatic carbocycles. The maximum Gasteiger partial charge on any atom is 0.341 e. The highest BCUT2D eigenvalue weighted by Crippen LogP contribution is 2.13. The number of carboxylic acids is 1. The maximum absolute atomic E-state index is 13.1. The summed E-state index contributed by atoms with van der Waals surface area (Å²) in [6, 6.07) is 7.88. The predicted molar refractivity (Wildman–Crippen MR) is 73.7 cm³/mol. The molecule has 0 amide bonds. The molecule has 2 N–H and O–H groups in total. The summed E-state index contributed by atoms with van der Waals surface area (Å²) in [5.41, 5.74) is 1.06. The molecule has 7 heteroatoms. The van der Waals surface area contributed by atoms with Gasteiger partial charge < -0.3 is 10.4 Å². The highest BCUT2D eigenvalue weighted by Gasteiger charge is 2.12. The van der Waals surface area contributed by atoms with Crippen molar-refractivity contribution in [2.75, 3.05) is 5.32 Å². The van der Waals surface area contributed by atoms with Gasteiger partial charge in [0, 0.05) is 12.7 Å². The summed E-state index contributed by atoms with van der Waals surface area (Å²) in [5.74, 6) is -0.892. The lowest BCUT2D eigenvalue weighted by atomic mass is 10.2. The molecule has 0 saturated heterocycles.